The lowest BCUT2D eigenvalue weighted by Crippen LogP contribution is -2.18. The molecule has 0 bridgehead atoms. The third-order valence-electron chi connectivity index (χ3n) is 16.5. The van der Waals surface area contributed by atoms with E-state index >= 15 is 0 Å². The molecule has 0 fully saturated rings. The number of halogens is 2. The molecule has 0 aliphatic heterocycles. The predicted octanol–water partition coefficient (Wildman–Crippen LogP) is 26.3. The Morgan fingerprint density at radius 1 is 0.308 bits per heavy atom. The number of hydrogen-bond donors (Lipinski definition) is 0. The first-order valence-electron chi connectivity index (χ1n) is 34.3. The van der Waals surface area contributed by atoms with Crippen molar-refractivity contribution in [1.29, 1.82) is 0 Å². The molecule has 4 heteroatoms. The highest BCUT2D eigenvalue weighted by atomic mass is 79.9. The van der Waals surface area contributed by atoms with Gasteiger partial charge in [0, 0.05) is 58.6 Å². The van der Waals surface area contributed by atoms with Crippen molar-refractivity contribution in [2.75, 3.05) is 9.80 Å². The number of hydrogen-bond acceptors (Lipinski definition) is 2. The van der Waals surface area contributed by atoms with E-state index in [1.54, 1.807) is 18.2 Å². The summed E-state index contributed by atoms with van der Waals surface area (Å²) in [5.41, 5.74) is 15.3. The molecular weight excluding hydrogens is 1190 g/mol. The van der Waals surface area contributed by atoms with E-state index in [9.17, 15) is 9.60 Å². The summed E-state index contributed by atoms with van der Waals surface area (Å²) in [7, 11) is 0. The minimum atomic E-state index is -2.75. The molecule has 13 aromatic rings. The van der Waals surface area contributed by atoms with Crippen molar-refractivity contribution in [3.63, 3.8) is 0 Å². The highest BCUT2D eigenvalue weighted by Gasteiger charge is 2.30. The van der Waals surface area contributed by atoms with Crippen LogP contribution in [0.4, 0.5) is 34.1 Å². The Kier molecular flexibility index (Phi) is 14.6. The molecule has 0 radical (unpaired) electrons. The molecule has 0 heterocycles. The van der Waals surface area contributed by atoms with Gasteiger partial charge in [-0.15, -0.1) is 0 Å². The molecule has 91 heavy (non-hydrogen) atoms. The highest BCUT2D eigenvalue weighted by molar-refractivity contribution is 9.10. The van der Waals surface area contributed by atoms with Crippen LogP contribution < -0.4 is 9.80 Å². The molecular formula is C87H72BrClN2. The quantitative estimate of drug-likeness (QED) is 0.107. The molecule has 0 atom stereocenters. The lowest BCUT2D eigenvalue weighted by Gasteiger charge is -2.35. The summed E-state index contributed by atoms with van der Waals surface area (Å²) in [4.78, 5) is 4.00. The molecule has 0 spiro atoms. The average Bonchev–Trinajstić information content (AvgIpc) is 0.725. The molecule has 13 rings (SSSR count). The van der Waals surface area contributed by atoms with Crippen LogP contribution in [0.2, 0.25) is 5.02 Å². The summed E-state index contributed by atoms with van der Waals surface area (Å²) >= 11 is 11.1. The van der Waals surface area contributed by atoms with E-state index in [0.29, 0.717) is 89.2 Å². The van der Waals surface area contributed by atoms with Crippen molar-refractivity contribution in [3.05, 3.63) is 335 Å². The topological polar surface area (TPSA) is 6.48 Å². The van der Waals surface area contributed by atoms with Gasteiger partial charge in [0.2, 0.25) is 0 Å². The summed E-state index contributed by atoms with van der Waals surface area (Å²) in [5.74, 6) is 0. The molecule has 0 saturated heterocycles. The molecule has 0 amide bonds. The van der Waals surface area contributed by atoms with Crippen LogP contribution in [0, 0.1) is 6.85 Å². The summed E-state index contributed by atoms with van der Waals surface area (Å²) < 4.78 is 72.3. The van der Waals surface area contributed by atoms with Crippen LogP contribution in [0.25, 0.3) is 89.0 Å². The van der Waals surface area contributed by atoms with E-state index in [1.165, 1.54) is 0 Å². The van der Waals surface area contributed by atoms with E-state index < -0.39 is 17.7 Å². The minimum Gasteiger partial charge on any atom is -0.309 e. The highest BCUT2D eigenvalue weighted by Crippen LogP contribution is 2.54. The summed E-state index contributed by atoms with van der Waals surface area (Å²) in [6, 6.07) is 94.7. The molecule has 0 N–H and O–H groups in total. The van der Waals surface area contributed by atoms with Gasteiger partial charge in [0.25, 0.3) is 0 Å². The van der Waals surface area contributed by atoms with Crippen molar-refractivity contribution in [1.82, 2.24) is 0 Å². The lowest BCUT2D eigenvalue weighted by molar-refractivity contribution is 0.590. The van der Waals surface area contributed by atoms with Crippen molar-refractivity contribution in [2.45, 2.75) is 59.2 Å². The second-order valence-corrected chi connectivity index (χ2v) is 26.5. The zero-order valence-corrected chi connectivity index (χ0v) is 54.1. The first kappa shape index (κ1) is 52.0. The molecule has 13 aromatic carbocycles. The summed E-state index contributed by atoms with van der Waals surface area (Å²) in [6.45, 7) is 9.49. The normalized spacial score (nSPS) is 12.8. The Bertz CT molecular complexity index is 4810. The molecule has 0 aliphatic rings. The fourth-order valence-electron chi connectivity index (χ4n) is 11.9. The van der Waals surface area contributed by atoms with Crippen molar-refractivity contribution in [3.8, 4) is 89.0 Å². The van der Waals surface area contributed by atoms with Gasteiger partial charge >= 0.3 is 0 Å². The third kappa shape index (κ3) is 13.0. The first-order valence-corrected chi connectivity index (χ1v) is 31.9. The maximum atomic E-state index is 10.8. The Hall–Kier alpha value is -9.77. The smallest absolute Gasteiger partial charge is 0.0633 e. The maximum Gasteiger partial charge on any atom is 0.0633 e. The van der Waals surface area contributed by atoms with Gasteiger partial charge in [0.1, 0.15) is 0 Å². The second-order valence-electron chi connectivity index (χ2n) is 25.1. The van der Waals surface area contributed by atoms with E-state index in [1.807, 2.05) is 221 Å². The van der Waals surface area contributed by atoms with Crippen LogP contribution in [0.15, 0.2) is 314 Å². The van der Waals surface area contributed by atoms with Gasteiger partial charge in [-0.05, 0) is 204 Å². The maximum absolute atomic E-state index is 10.8. The molecule has 2 nitrogen and oxygen atoms in total. The molecule has 0 aromatic heterocycles. The van der Waals surface area contributed by atoms with Gasteiger partial charge in [-0.2, -0.15) is 0 Å². The van der Waals surface area contributed by atoms with Gasteiger partial charge in [-0.1, -0.05) is 275 Å². The predicted molar refractivity (Wildman–Crippen MR) is 394 cm³/mol. The van der Waals surface area contributed by atoms with Crippen molar-refractivity contribution in [2.24, 2.45) is 0 Å². The number of aryl methyl sites for hydroxylation is 1. The summed E-state index contributed by atoms with van der Waals surface area (Å²) in [5, 5.41) is 0.401. The molecule has 0 aliphatic carbocycles. The average molecular weight is 1270 g/mol. The molecule has 0 saturated carbocycles. The van der Waals surface area contributed by atoms with Gasteiger partial charge in [0.15, 0.2) is 0 Å². The van der Waals surface area contributed by atoms with Gasteiger partial charge < -0.3 is 9.80 Å². The standard InChI is InChI=1S/C87H72BrClN2/c1-59-46-78(90(76-44-24-42-74(88)56-76)84-80(62-30-16-10-17-31-62)52-72(86(2,3)4)54-82(84)70-40-22-38-68(50-70)66-36-20-34-64(48-66)60-26-12-8-13-27-60)58-79(47-59)91(77-45-25-43-75(89)57-77)85-81(63-32-18-11-19-33-63)53-73(87(5,6)7)55-83(85)71-41-23-39-69(51-71)67-37-21-35-65(49-67)61-28-14-9-15-29-61/h8-58H,1-7H3/i1D3,52D,53D,54D,55D. The first-order chi connectivity index (χ1) is 47.0. The third-order valence-corrected chi connectivity index (χ3v) is 17.2. The van der Waals surface area contributed by atoms with E-state index in [-0.39, 0.29) is 29.7 Å². The van der Waals surface area contributed by atoms with Gasteiger partial charge in [-0.3, -0.25) is 0 Å². The van der Waals surface area contributed by atoms with Crippen LogP contribution >= 0.6 is 27.5 Å². The Labute approximate surface area is 561 Å². The van der Waals surface area contributed by atoms with Gasteiger partial charge in [-0.25, -0.2) is 0 Å². The zero-order valence-electron chi connectivity index (χ0n) is 58.8. The lowest BCUT2D eigenvalue weighted by atomic mass is 9.81. The van der Waals surface area contributed by atoms with Gasteiger partial charge in [0.05, 0.1) is 16.9 Å². The zero-order chi connectivity index (χ0) is 68.8. The number of anilines is 6. The van der Waals surface area contributed by atoms with Crippen molar-refractivity contribution >= 4 is 61.7 Å². The van der Waals surface area contributed by atoms with E-state index in [4.69, 9.17) is 11.6 Å². The van der Waals surface area contributed by atoms with Crippen molar-refractivity contribution < 1.29 is 9.60 Å². The fourth-order valence-corrected chi connectivity index (χ4v) is 12.5. The van der Waals surface area contributed by atoms with Crippen LogP contribution in [0.1, 0.15) is 67.8 Å². The molecule has 444 valence electrons. The summed E-state index contributed by atoms with van der Waals surface area (Å²) in [6.07, 6.45) is 0. The fraction of sp³-hybridized carbons (Fsp3) is 0.103. The molecule has 0 unspecified atom stereocenters. The number of rotatable bonds is 14. The minimum absolute atomic E-state index is 0.0183. The van der Waals surface area contributed by atoms with Crippen LogP contribution in [0.5, 0.6) is 0 Å². The Morgan fingerprint density at radius 3 is 0.978 bits per heavy atom. The Morgan fingerprint density at radius 2 is 0.615 bits per heavy atom. The second kappa shape index (κ2) is 25.6. The van der Waals surface area contributed by atoms with Crippen LogP contribution in [0.3, 0.4) is 0 Å². The van der Waals surface area contributed by atoms with Crippen LogP contribution in [-0.2, 0) is 10.8 Å². The van der Waals surface area contributed by atoms with E-state index in [0.717, 1.165) is 54.5 Å². The largest absolute Gasteiger partial charge is 0.309 e. The van der Waals surface area contributed by atoms with E-state index in [2.05, 4.69) is 113 Å². The SMILES string of the molecule is [2H]c1c(-c2ccccc2)c(N(c2cccc(Cl)c2)c2cc(N(c3cccc(Br)c3)c3c(-c4ccccc4)c([2H])c(C(C)(C)C)c([2H])c3-c3cccc(-c4cccc(-c5ccccc5)c4)c3)cc(C([2H])([2H])[2H])c2)c(-c2cccc(-c3cccc(-c4ccccc4)c3)c2)c([2H])c1C(C)(C)C. The number of benzene rings is 13. The Balaban J connectivity index is 1.16. The van der Waals surface area contributed by atoms with Crippen LogP contribution in [-0.4, -0.2) is 0 Å². The monoisotopic (exact) mass is 1270 g/mol. The number of nitrogens with zero attached hydrogens (tertiary/aromatic N) is 2.